The number of aromatic nitrogens is 2. The van der Waals surface area contributed by atoms with E-state index in [1.54, 1.807) is 6.20 Å². The van der Waals surface area contributed by atoms with Crippen molar-refractivity contribution in [2.75, 3.05) is 11.5 Å². The average Bonchev–Trinajstić information content (AvgIpc) is 2.79. The molecule has 1 aromatic heterocycles. The third-order valence-electron chi connectivity index (χ3n) is 3.22. The summed E-state index contributed by atoms with van der Waals surface area (Å²) in [6.45, 7) is 5.05. The molecule has 2 heterocycles. The van der Waals surface area contributed by atoms with Crippen molar-refractivity contribution >= 4 is 39.5 Å². The van der Waals surface area contributed by atoms with Gasteiger partial charge >= 0.3 is 0 Å². The van der Waals surface area contributed by atoms with E-state index in [1.807, 2.05) is 28.2 Å². The summed E-state index contributed by atoms with van der Waals surface area (Å²) in [4.78, 5) is 0. The zero-order valence-electron chi connectivity index (χ0n) is 10.7. The predicted octanol–water partition coefficient (Wildman–Crippen LogP) is 3.33. The molecule has 2 rings (SSSR count). The summed E-state index contributed by atoms with van der Waals surface area (Å²) in [7, 11) is 0. The van der Waals surface area contributed by atoms with E-state index >= 15 is 0 Å². The first-order valence-electron chi connectivity index (χ1n) is 6.31. The first-order chi connectivity index (χ1) is 8.69. The maximum absolute atomic E-state index is 10.7. The fourth-order valence-corrected chi connectivity index (χ4v) is 5.94. The lowest BCUT2D eigenvalue weighted by molar-refractivity contribution is 0.160. The molecule has 102 valence electrons. The highest BCUT2D eigenvalue weighted by molar-refractivity contribution is 9.10. The van der Waals surface area contributed by atoms with Gasteiger partial charge in [0.15, 0.2) is 0 Å². The fourth-order valence-electron chi connectivity index (χ4n) is 2.30. The lowest BCUT2D eigenvalue weighted by Gasteiger charge is -2.33. The van der Waals surface area contributed by atoms with Crippen LogP contribution in [-0.4, -0.2) is 36.9 Å². The topological polar surface area (TPSA) is 38.1 Å². The van der Waals surface area contributed by atoms with Gasteiger partial charge in [-0.15, -0.1) is 0 Å². The van der Waals surface area contributed by atoms with Gasteiger partial charge in [0.1, 0.15) is 6.10 Å². The van der Waals surface area contributed by atoms with E-state index in [9.17, 15) is 5.11 Å². The Morgan fingerprint density at radius 3 is 2.89 bits per heavy atom. The quantitative estimate of drug-likeness (QED) is 0.903. The zero-order valence-corrected chi connectivity index (χ0v) is 13.9. The summed E-state index contributed by atoms with van der Waals surface area (Å²) in [5, 5.41) is 15.8. The molecule has 1 aromatic rings. The molecule has 3 atom stereocenters. The van der Waals surface area contributed by atoms with E-state index in [1.165, 1.54) is 5.75 Å². The zero-order chi connectivity index (χ0) is 13.1. The smallest absolute Gasteiger partial charge is 0.110 e. The van der Waals surface area contributed by atoms with Gasteiger partial charge in [0.05, 0.1) is 16.4 Å². The Balaban J connectivity index is 2.23. The molecule has 1 fully saturated rings. The van der Waals surface area contributed by atoms with Crippen LogP contribution >= 0.6 is 39.5 Å². The predicted molar refractivity (Wildman–Crippen MR) is 83.3 cm³/mol. The molecule has 0 amide bonds. The molecule has 1 aliphatic heterocycles. The van der Waals surface area contributed by atoms with E-state index in [-0.39, 0.29) is 5.25 Å². The number of hydrogen-bond acceptors (Lipinski definition) is 4. The molecule has 0 bridgehead atoms. The molecule has 3 unspecified atom stereocenters. The van der Waals surface area contributed by atoms with Gasteiger partial charge in [0, 0.05) is 28.6 Å². The Bertz CT molecular complexity index is 399. The van der Waals surface area contributed by atoms with Crippen LogP contribution in [0.5, 0.6) is 0 Å². The molecular formula is C12H19BrN2OS2. The Hall–Kier alpha value is 0.350. The second-order valence-electron chi connectivity index (χ2n) is 4.29. The molecule has 0 radical (unpaired) electrons. The maximum Gasteiger partial charge on any atom is 0.110 e. The summed E-state index contributed by atoms with van der Waals surface area (Å²) in [6.07, 6.45) is 2.45. The maximum atomic E-state index is 10.7. The van der Waals surface area contributed by atoms with Gasteiger partial charge in [-0.3, -0.25) is 4.68 Å². The van der Waals surface area contributed by atoms with Gasteiger partial charge in [-0.1, -0.05) is 6.92 Å². The van der Waals surface area contributed by atoms with Crippen molar-refractivity contribution in [1.29, 1.82) is 0 Å². The molecule has 18 heavy (non-hydrogen) atoms. The summed E-state index contributed by atoms with van der Waals surface area (Å²) in [6, 6.07) is 0. The fraction of sp³-hybridized carbons (Fsp3) is 0.750. The van der Waals surface area contributed by atoms with E-state index in [0.717, 1.165) is 28.9 Å². The van der Waals surface area contributed by atoms with E-state index in [0.29, 0.717) is 5.25 Å². The van der Waals surface area contributed by atoms with Crippen LogP contribution in [0, 0.1) is 0 Å². The van der Waals surface area contributed by atoms with Crippen molar-refractivity contribution < 1.29 is 5.11 Å². The van der Waals surface area contributed by atoms with Gasteiger partial charge in [0.2, 0.25) is 0 Å². The standard InChI is InChI=1S/C12H19BrN2OS2/c1-3-9-12(18-6-5-17-9)11(16)10-8(13)7-14-15(10)4-2/h7,9,11-12,16H,3-6H2,1-2H3. The number of aliphatic hydroxyl groups excluding tert-OH is 1. The Labute approximate surface area is 125 Å². The molecule has 0 aromatic carbocycles. The van der Waals surface area contributed by atoms with Crippen LogP contribution in [0.4, 0.5) is 0 Å². The lowest BCUT2D eigenvalue weighted by atomic mass is 10.1. The van der Waals surface area contributed by atoms with Gasteiger partial charge in [-0.25, -0.2) is 0 Å². The first-order valence-corrected chi connectivity index (χ1v) is 9.20. The summed E-state index contributed by atoms with van der Waals surface area (Å²) in [5.74, 6) is 2.32. The Kier molecular flexibility index (Phi) is 5.47. The van der Waals surface area contributed by atoms with Crippen LogP contribution < -0.4 is 0 Å². The highest BCUT2D eigenvalue weighted by atomic mass is 79.9. The molecule has 6 heteroatoms. The Morgan fingerprint density at radius 2 is 2.22 bits per heavy atom. The van der Waals surface area contributed by atoms with Crippen LogP contribution in [0.25, 0.3) is 0 Å². The van der Waals surface area contributed by atoms with Gasteiger partial charge in [-0.05, 0) is 29.3 Å². The van der Waals surface area contributed by atoms with Crippen molar-refractivity contribution in [3.05, 3.63) is 16.4 Å². The SMILES string of the molecule is CCC1SCCSC1C(O)c1c(Br)cnn1CC. The highest BCUT2D eigenvalue weighted by Crippen LogP contribution is 2.41. The largest absolute Gasteiger partial charge is 0.386 e. The molecular weight excluding hydrogens is 332 g/mol. The number of thioether (sulfide) groups is 2. The monoisotopic (exact) mass is 350 g/mol. The van der Waals surface area contributed by atoms with Crippen molar-refractivity contribution in [3.8, 4) is 0 Å². The van der Waals surface area contributed by atoms with E-state index < -0.39 is 6.10 Å². The molecule has 3 nitrogen and oxygen atoms in total. The van der Waals surface area contributed by atoms with Crippen molar-refractivity contribution in [1.82, 2.24) is 9.78 Å². The molecule has 1 aliphatic rings. The minimum atomic E-state index is -0.440. The van der Waals surface area contributed by atoms with Crippen LogP contribution in [0.3, 0.4) is 0 Å². The average molecular weight is 351 g/mol. The lowest BCUT2D eigenvalue weighted by Crippen LogP contribution is -2.32. The second-order valence-corrected chi connectivity index (χ2v) is 7.78. The highest BCUT2D eigenvalue weighted by Gasteiger charge is 2.34. The number of aliphatic hydroxyl groups is 1. The molecule has 0 aliphatic carbocycles. The number of nitrogens with zero attached hydrogens (tertiary/aromatic N) is 2. The third-order valence-corrected chi connectivity index (χ3v) is 7.17. The summed E-state index contributed by atoms with van der Waals surface area (Å²) >= 11 is 7.40. The van der Waals surface area contributed by atoms with E-state index in [4.69, 9.17) is 0 Å². The molecule has 0 saturated carbocycles. The Morgan fingerprint density at radius 1 is 1.50 bits per heavy atom. The third kappa shape index (κ3) is 2.92. The van der Waals surface area contributed by atoms with Crippen molar-refractivity contribution in [2.45, 2.75) is 43.4 Å². The first kappa shape index (κ1) is 14.8. The van der Waals surface area contributed by atoms with Gasteiger partial charge in [0.25, 0.3) is 0 Å². The molecule has 1 N–H and O–H groups in total. The van der Waals surface area contributed by atoms with Crippen LogP contribution in [0.15, 0.2) is 10.7 Å². The molecule has 1 saturated heterocycles. The number of rotatable bonds is 4. The molecule has 0 spiro atoms. The van der Waals surface area contributed by atoms with Gasteiger partial charge in [-0.2, -0.15) is 28.6 Å². The summed E-state index contributed by atoms with van der Waals surface area (Å²) < 4.78 is 2.81. The van der Waals surface area contributed by atoms with Crippen LogP contribution in [0.2, 0.25) is 0 Å². The van der Waals surface area contributed by atoms with Crippen LogP contribution in [0.1, 0.15) is 32.1 Å². The van der Waals surface area contributed by atoms with Crippen molar-refractivity contribution in [3.63, 3.8) is 0 Å². The van der Waals surface area contributed by atoms with Crippen molar-refractivity contribution in [2.24, 2.45) is 0 Å². The summed E-state index contributed by atoms with van der Waals surface area (Å²) in [5.41, 5.74) is 0.927. The number of halogens is 1. The normalized spacial score (nSPS) is 26.2. The second kappa shape index (κ2) is 6.68. The van der Waals surface area contributed by atoms with Crippen LogP contribution in [-0.2, 0) is 6.54 Å². The minimum absolute atomic E-state index is 0.270. The van der Waals surface area contributed by atoms with Gasteiger partial charge < -0.3 is 5.11 Å². The minimum Gasteiger partial charge on any atom is -0.386 e. The number of hydrogen-bond donors (Lipinski definition) is 1. The number of aryl methyl sites for hydroxylation is 1. The van der Waals surface area contributed by atoms with E-state index in [2.05, 4.69) is 34.9 Å².